The summed E-state index contributed by atoms with van der Waals surface area (Å²) in [5, 5.41) is 126. The molecule has 19 atom stereocenters. The Labute approximate surface area is 267 Å². The Balaban J connectivity index is 1.61. The summed E-state index contributed by atoms with van der Waals surface area (Å²) >= 11 is 0. The predicted octanol–water partition coefficient (Wildman–Crippen LogP) is -8.92. The fourth-order valence-corrected chi connectivity index (χ4v) is 5.88. The summed E-state index contributed by atoms with van der Waals surface area (Å²) in [5.41, 5.74) is 0. The number of carbonyl (C=O) groups is 1. The molecule has 4 aliphatic rings. The van der Waals surface area contributed by atoms with Crippen LogP contribution >= 0.6 is 0 Å². The summed E-state index contributed by atoms with van der Waals surface area (Å²) in [6, 6.07) is -1.57. The van der Waals surface area contributed by atoms with Crippen molar-refractivity contribution in [1.82, 2.24) is 5.32 Å². The van der Waals surface area contributed by atoms with E-state index in [1.165, 1.54) is 0 Å². The molecule has 4 rings (SSSR count). The van der Waals surface area contributed by atoms with Crippen molar-refractivity contribution in [3.8, 4) is 0 Å². The lowest BCUT2D eigenvalue weighted by molar-refractivity contribution is -0.374. The van der Waals surface area contributed by atoms with Crippen molar-refractivity contribution in [1.29, 1.82) is 0 Å². The van der Waals surface area contributed by atoms with Gasteiger partial charge in [-0.3, -0.25) is 4.79 Å². The van der Waals surface area contributed by atoms with Crippen LogP contribution in [0.5, 0.6) is 0 Å². The highest BCUT2D eigenvalue weighted by atomic mass is 16.8. The normalized spacial score (nSPS) is 49.4. The second-order valence-corrected chi connectivity index (χ2v) is 11.8. The summed E-state index contributed by atoms with van der Waals surface area (Å²) < 4.78 is 39.1. The molecule has 21 nitrogen and oxygen atoms in total. The highest BCUT2D eigenvalue weighted by Crippen LogP contribution is 2.34. The lowest BCUT2D eigenvalue weighted by atomic mass is 9.94. The van der Waals surface area contributed by atoms with Gasteiger partial charge in [0.25, 0.3) is 0 Å². The SMILES string of the molecule is CC(=O)NC1C(OC2C(O)C(CO)OC(OC3C(CO)OCC(O)C3O)C2O)OC(CO)C(O)C1OC1OC(CO)C(O)C(O)C1O. The number of hydrogen-bond donors (Lipinski definition) is 13. The van der Waals surface area contributed by atoms with Crippen molar-refractivity contribution in [2.75, 3.05) is 33.0 Å². The zero-order valence-corrected chi connectivity index (χ0v) is 25.1. The Bertz CT molecular complexity index is 994. The van der Waals surface area contributed by atoms with Gasteiger partial charge in [-0.15, -0.1) is 0 Å². The van der Waals surface area contributed by atoms with Crippen LogP contribution in [0.3, 0.4) is 0 Å². The summed E-state index contributed by atoms with van der Waals surface area (Å²) in [7, 11) is 0. The molecule has 1 amide bonds. The first-order valence-electron chi connectivity index (χ1n) is 15.0. The van der Waals surface area contributed by atoms with Crippen molar-refractivity contribution >= 4 is 5.91 Å². The molecule has 0 aromatic heterocycles. The summed E-state index contributed by atoms with van der Waals surface area (Å²) in [6.45, 7) is -2.48. The molecule has 19 unspecified atom stereocenters. The van der Waals surface area contributed by atoms with E-state index in [9.17, 15) is 66.1 Å². The molecule has 274 valence electrons. The lowest BCUT2D eigenvalue weighted by Crippen LogP contribution is -2.70. The van der Waals surface area contributed by atoms with E-state index in [2.05, 4.69) is 5.32 Å². The largest absolute Gasteiger partial charge is 0.394 e. The van der Waals surface area contributed by atoms with Gasteiger partial charge >= 0.3 is 0 Å². The molecule has 0 aliphatic carbocycles. The molecule has 4 saturated heterocycles. The van der Waals surface area contributed by atoms with Crippen molar-refractivity contribution in [2.45, 2.75) is 123 Å². The maximum atomic E-state index is 12.3. The molecule has 0 aromatic rings. The number of carbonyl (C=O) groups excluding carboxylic acids is 1. The highest BCUT2D eigenvalue weighted by molar-refractivity contribution is 5.73. The van der Waals surface area contributed by atoms with E-state index in [1.54, 1.807) is 0 Å². The maximum absolute atomic E-state index is 12.3. The number of aliphatic hydroxyl groups is 12. The molecular weight excluding hydrogens is 646 g/mol. The third kappa shape index (κ3) is 8.20. The van der Waals surface area contributed by atoms with Gasteiger partial charge in [-0.05, 0) is 0 Å². The van der Waals surface area contributed by atoms with Gasteiger partial charge in [0.2, 0.25) is 5.91 Å². The number of aliphatic hydroxyl groups excluding tert-OH is 12. The summed E-state index contributed by atoms with van der Waals surface area (Å²) in [4.78, 5) is 12.3. The second kappa shape index (κ2) is 16.6. The fourth-order valence-electron chi connectivity index (χ4n) is 5.88. The van der Waals surface area contributed by atoms with Crippen LogP contribution in [-0.2, 0) is 38.0 Å². The second-order valence-electron chi connectivity index (χ2n) is 11.8. The Morgan fingerprint density at radius 1 is 0.574 bits per heavy atom. The Kier molecular flexibility index (Phi) is 13.6. The summed E-state index contributed by atoms with van der Waals surface area (Å²) in [5.74, 6) is -0.744. The first kappa shape index (κ1) is 38.5. The van der Waals surface area contributed by atoms with Crippen LogP contribution in [0.2, 0.25) is 0 Å². The molecule has 0 aromatic carbocycles. The quantitative estimate of drug-likeness (QED) is 0.0956. The number of nitrogens with one attached hydrogen (secondary N) is 1. The van der Waals surface area contributed by atoms with Crippen LogP contribution in [-0.4, -0.2) is 217 Å². The van der Waals surface area contributed by atoms with E-state index in [4.69, 9.17) is 33.2 Å². The average molecular weight is 692 g/mol. The fraction of sp³-hybridized carbons (Fsp3) is 0.962. The van der Waals surface area contributed by atoms with Gasteiger partial charge in [0.1, 0.15) is 97.6 Å². The molecule has 4 aliphatic heterocycles. The van der Waals surface area contributed by atoms with Gasteiger partial charge in [0.15, 0.2) is 18.9 Å². The smallest absolute Gasteiger partial charge is 0.217 e. The predicted molar refractivity (Wildman–Crippen MR) is 144 cm³/mol. The van der Waals surface area contributed by atoms with Crippen LogP contribution < -0.4 is 5.32 Å². The van der Waals surface area contributed by atoms with Crippen LogP contribution in [0.4, 0.5) is 0 Å². The number of ether oxygens (including phenoxy) is 7. The van der Waals surface area contributed by atoms with E-state index in [0.717, 1.165) is 6.92 Å². The zero-order chi connectivity index (χ0) is 34.7. The van der Waals surface area contributed by atoms with Gasteiger partial charge in [-0.1, -0.05) is 0 Å². The van der Waals surface area contributed by atoms with Crippen molar-refractivity contribution in [3.63, 3.8) is 0 Å². The standard InChI is InChI=1S/C26H45NO20/c1-7(32)27-13-22(46-25-19(39)18(38)15(35)9(2-28)43-25)16(36)10(3-29)42-24(13)47-23-17(37)11(4-30)44-26(20(23)40)45-21-12(5-31)41-6-8(33)14(21)34/h8-26,28-31,33-40H,2-6H2,1H3,(H,27,32). The highest BCUT2D eigenvalue weighted by Gasteiger charge is 2.55. The first-order valence-corrected chi connectivity index (χ1v) is 15.0. The monoisotopic (exact) mass is 691 g/mol. The van der Waals surface area contributed by atoms with Crippen LogP contribution in [0, 0.1) is 0 Å². The van der Waals surface area contributed by atoms with Crippen molar-refractivity contribution in [3.05, 3.63) is 0 Å². The average Bonchev–Trinajstić information content (AvgIpc) is 3.04. The van der Waals surface area contributed by atoms with Gasteiger partial charge in [-0.2, -0.15) is 0 Å². The van der Waals surface area contributed by atoms with Crippen LogP contribution in [0.15, 0.2) is 0 Å². The number of hydrogen-bond acceptors (Lipinski definition) is 20. The van der Waals surface area contributed by atoms with E-state index in [-0.39, 0.29) is 6.61 Å². The molecule has 0 saturated carbocycles. The molecule has 47 heavy (non-hydrogen) atoms. The van der Waals surface area contributed by atoms with Crippen molar-refractivity contribution in [2.24, 2.45) is 0 Å². The van der Waals surface area contributed by atoms with E-state index < -0.39 is 149 Å². The minimum Gasteiger partial charge on any atom is -0.394 e. The third-order valence-electron chi connectivity index (χ3n) is 8.53. The molecule has 0 radical (unpaired) electrons. The molecule has 13 N–H and O–H groups in total. The maximum Gasteiger partial charge on any atom is 0.217 e. The zero-order valence-electron chi connectivity index (χ0n) is 25.1. The third-order valence-corrected chi connectivity index (χ3v) is 8.53. The number of rotatable bonds is 11. The Morgan fingerprint density at radius 3 is 1.60 bits per heavy atom. The summed E-state index contributed by atoms with van der Waals surface area (Å²) in [6.07, 6.45) is -30.2. The van der Waals surface area contributed by atoms with Gasteiger partial charge in [-0.25, -0.2) is 0 Å². The topological polar surface area (TPSA) is 336 Å². The molecule has 0 bridgehead atoms. The minimum atomic E-state index is -1.97. The van der Waals surface area contributed by atoms with Crippen molar-refractivity contribution < 1.29 is 99.2 Å². The molecule has 4 fully saturated rings. The van der Waals surface area contributed by atoms with Crippen LogP contribution in [0.1, 0.15) is 6.92 Å². The van der Waals surface area contributed by atoms with Crippen LogP contribution in [0.25, 0.3) is 0 Å². The van der Waals surface area contributed by atoms with E-state index in [1.807, 2.05) is 0 Å². The molecule has 21 heteroatoms. The van der Waals surface area contributed by atoms with Gasteiger partial charge in [0.05, 0.1) is 33.0 Å². The first-order chi connectivity index (χ1) is 22.3. The van der Waals surface area contributed by atoms with Gasteiger partial charge in [0, 0.05) is 6.92 Å². The Morgan fingerprint density at radius 2 is 1.04 bits per heavy atom. The Hall–Kier alpha value is -1.29. The van der Waals surface area contributed by atoms with E-state index in [0.29, 0.717) is 0 Å². The van der Waals surface area contributed by atoms with E-state index >= 15 is 0 Å². The number of amides is 1. The molecule has 0 spiro atoms. The minimum absolute atomic E-state index is 0.335. The lowest BCUT2D eigenvalue weighted by Gasteiger charge is -2.50. The molecular formula is C26H45NO20. The molecule has 4 heterocycles. The van der Waals surface area contributed by atoms with Gasteiger partial charge < -0.3 is 99.8 Å².